The van der Waals surface area contributed by atoms with Crippen LogP contribution in [0, 0.1) is 0 Å². The number of piperidine rings is 1. The molecule has 2 amide bonds. The summed E-state index contributed by atoms with van der Waals surface area (Å²) in [7, 11) is 1.59. The van der Waals surface area contributed by atoms with Crippen LogP contribution in [-0.4, -0.2) is 44.8 Å². The maximum absolute atomic E-state index is 12.9. The zero-order chi connectivity index (χ0) is 20.1. The lowest BCUT2D eigenvalue weighted by atomic mass is 9.94. The molecule has 0 radical (unpaired) electrons. The van der Waals surface area contributed by atoms with Gasteiger partial charge in [0.2, 0.25) is 0 Å². The van der Waals surface area contributed by atoms with E-state index in [4.69, 9.17) is 9.47 Å². The summed E-state index contributed by atoms with van der Waals surface area (Å²) in [5, 5.41) is 5.76. The SMILES string of the molecule is CCOC(=O)C1=C(C[NH+]2CCCC[C@H]2C)NC(=O)N[C@@H]1c1cccc(OC)c1. The molecule has 1 saturated heterocycles. The predicted molar refractivity (Wildman–Crippen MR) is 105 cm³/mol. The number of likely N-dealkylation sites (tertiary alicyclic amines) is 1. The van der Waals surface area contributed by atoms with Crippen molar-refractivity contribution in [1.82, 2.24) is 10.6 Å². The summed E-state index contributed by atoms with van der Waals surface area (Å²) in [6, 6.07) is 7.02. The first kappa shape index (κ1) is 20.2. The van der Waals surface area contributed by atoms with Crippen molar-refractivity contribution in [3.8, 4) is 5.75 Å². The summed E-state index contributed by atoms with van der Waals surface area (Å²) < 4.78 is 10.7. The molecule has 3 atom stereocenters. The molecule has 3 rings (SSSR count). The van der Waals surface area contributed by atoms with Crippen LogP contribution in [0.15, 0.2) is 35.5 Å². The fourth-order valence-corrected chi connectivity index (χ4v) is 4.02. The summed E-state index contributed by atoms with van der Waals surface area (Å²) in [5.74, 6) is 0.271. The van der Waals surface area contributed by atoms with Crippen molar-refractivity contribution in [2.45, 2.75) is 45.2 Å². The van der Waals surface area contributed by atoms with Gasteiger partial charge in [0.25, 0.3) is 0 Å². The molecular weight excluding hydrogens is 358 g/mol. The maximum atomic E-state index is 12.9. The van der Waals surface area contributed by atoms with Gasteiger partial charge in [0.05, 0.1) is 43.6 Å². The second kappa shape index (κ2) is 9.10. The number of carbonyl (C=O) groups excluding carboxylic acids is 2. The zero-order valence-electron chi connectivity index (χ0n) is 16.8. The molecular formula is C21H30N3O4+. The van der Waals surface area contributed by atoms with E-state index in [1.807, 2.05) is 24.3 Å². The van der Waals surface area contributed by atoms with Gasteiger partial charge in [-0.05, 0) is 50.8 Å². The Hall–Kier alpha value is -2.54. The van der Waals surface area contributed by atoms with Crippen molar-refractivity contribution in [3.05, 3.63) is 41.1 Å². The molecule has 1 aromatic carbocycles. The minimum Gasteiger partial charge on any atom is -0.497 e. The number of carbonyl (C=O) groups is 2. The monoisotopic (exact) mass is 388 g/mol. The van der Waals surface area contributed by atoms with Gasteiger partial charge in [0.15, 0.2) is 0 Å². The first-order valence-corrected chi connectivity index (χ1v) is 9.99. The average Bonchev–Trinajstić information content (AvgIpc) is 2.69. The molecule has 0 aliphatic carbocycles. The van der Waals surface area contributed by atoms with Gasteiger partial charge in [-0.2, -0.15) is 0 Å². The van der Waals surface area contributed by atoms with Gasteiger partial charge < -0.3 is 25.0 Å². The van der Waals surface area contributed by atoms with Crippen LogP contribution in [0.5, 0.6) is 5.75 Å². The van der Waals surface area contributed by atoms with E-state index in [9.17, 15) is 9.59 Å². The summed E-state index contributed by atoms with van der Waals surface area (Å²) in [6.07, 6.45) is 3.55. The number of hydrogen-bond acceptors (Lipinski definition) is 4. The van der Waals surface area contributed by atoms with Gasteiger partial charge in [-0.25, -0.2) is 9.59 Å². The average molecular weight is 388 g/mol. The minimum atomic E-state index is -0.572. The van der Waals surface area contributed by atoms with Crippen LogP contribution in [-0.2, 0) is 9.53 Å². The van der Waals surface area contributed by atoms with Gasteiger partial charge in [-0.15, -0.1) is 0 Å². The van der Waals surface area contributed by atoms with Crippen LogP contribution in [0.25, 0.3) is 0 Å². The molecule has 2 aliphatic heterocycles. The first-order valence-electron chi connectivity index (χ1n) is 9.99. The van der Waals surface area contributed by atoms with Crippen LogP contribution in [0.4, 0.5) is 4.79 Å². The van der Waals surface area contributed by atoms with Crippen molar-refractivity contribution in [3.63, 3.8) is 0 Å². The molecule has 1 unspecified atom stereocenters. The Morgan fingerprint density at radius 2 is 2.14 bits per heavy atom. The molecule has 152 valence electrons. The Morgan fingerprint density at radius 3 is 2.86 bits per heavy atom. The molecule has 0 saturated carbocycles. The molecule has 0 spiro atoms. The number of nitrogens with one attached hydrogen (secondary N) is 3. The number of amides is 2. The van der Waals surface area contributed by atoms with E-state index in [-0.39, 0.29) is 12.6 Å². The number of benzene rings is 1. The molecule has 0 bridgehead atoms. The Bertz CT molecular complexity index is 762. The minimum absolute atomic E-state index is 0.279. The lowest BCUT2D eigenvalue weighted by Gasteiger charge is -2.34. The van der Waals surface area contributed by atoms with Crippen LogP contribution in [0.3, 0.4) is 0 Å². The molecule has 7 nitrogen and oxygen atoms in total. The third-order valence-corrected chi connectivity index (χ3v) is 5.56. The number of rotatable bonds is 6. The van der Waals surface area contributed by atoms with E-state index >= 15 is 0 Å². The summed E-state index contributed by atoms with van der Waals surface area (Å²) >= 11 is 0. The van der Waals surface area contributed by atoms with E-state index in [1.165, 1.54) is 11.3 Å². The van der Waals surface area contributed by atoms with Crippen LogP contribution in [0.2, 0.25) is 0 Å². The van der Waals surface area contributed by atoms with Crippen molar-refractivity contribution >= 4 is 12.0 Å². The highest BCUT2D eigenvalue weighted by Crippen LogP contribution is 2.29. The van der Waals surface area contributed by atoms with Crippen LogP contribution < -0.4 is 20.3 Å². The van der Waals surface area contributed by atoms with E-state index in [2.05, 4.69) is 17.6 Å². The Labute approximate surface area is 166 Å². The zero-order valence-corrected chi connectivity index (χ0v) is 16.8. The highest BCUT2D eigenvalue weighted by molar-refractivity contribution is 5.95. The standard InChI is InChI=1S/C21H29N3O4/c1-4-28-20(25)18-17(13-24-11-6-5-8-14(24)2)22-21(26)23-19(18)15-9-7-10-16(12-15)27-3/h7,9-10,12,14,19H,4-6,8,11,13H2,1-3H3,(H2,22,23,26)/p+1/t14-,19-/m1/s1. The second-order valence-corrected chi connectivity index (χ2v) is 7.40. The van der Waals surface area contributed by atoms with Gasteiger partial charge in [0, 0.05) is 0 Å². The second-order valence-electron chi connectivity index (χ2n) is 7.40. The molecule has 1 fully saturated rings. The molecule has 0 aromatic heterocycles. The smallest absolute Gasteiger partial charge is 0.338 e. The molecule has 3 N–H and O–H groups in total. The van der Waals surface area contributed by atoms with E-state index in [0.717, 1.165) is 24.9 Å². The Kier molecular flexibility index (Phi) is 6.57. The number of ether oxygens (including phenoxy) is 2. The largest absolute Gasteiger partial charge is 0.497 e. The van der Waals surface area contributed by atoms with Gasteiger partial charge in [-0.1, -0.05) is 12.1 Å². The molecule has 2 aliphatic rings. The van der Waals surface area contributed by atoms with Crippen molar-refractivity contribution < 1.29 is 24.0 Å². The maximum Gasteiger partial charge on any atom is 0.338 e. The van der Waals surface area contributed by atoms with Gasteiger partial charge in [-0.3, -0.25) is 0 Å². The van der Waals surface area contributed by atoms with E-state index in [1.54, 1.807) is 14.0 Å². The van der Waals surface area contributed by atoms with Crippen molar-refractivity contribution in [2.75, 3.05) is 26.8 Å². The van der Waals surface area contributed by atoms with Crippen molar-refractivity contribution in [2.24, 2.45) is 0 Å². The van der Waals surface area contributed by atoms with Crippen molar-refractivity contribution in [1.29, 1.82) is 0 Å². The first-order chi connectivity index (χ1) is 13.5. The number of methoxy groups -OCH3 is 1. The molecule has 1 aromatic rings. The van der Waals surface area contributed by atoms with Crippen LogP contribution >= 0.6 is 0 Å². The molecule has 7 heteroatoms. The predicted octanol–water partition coefficient (Wildman–Crippen LogP) is 1.32. The third-order valence-electron chi connectivity index (χ3n) is 5.56. The molecule has 28 heavy (non-hydrogen) atoms. The summed E-state index contributed by atoms with van der Waals surface area (Å²) in [6.45, 7) is 5.92. The topological polar surface area (TPSA) is 81.1 Å². The third kappa shape index (κ3) is 4.47. The number of quaternary nitrogens is 1. The fourth-order valence-electron chi connectivity index (χ4n) is 4.02. The van der Waals surface area contributed by atoms with Crippen LogP contribution in [0.1, 0.15) is 44.7 Å². The summed E-state index contributed by atoms with van der Waals surface area (Å²) in [4.78, 5) is 26.7. The van der Waals surface area contributed by atoms with Gasteiger partial charge in [0.1, 0.15) is 12.3 Å². The Balaban J connectivity index is 2.00. The fraction of sp³-hybridized carbons (Fsp3) is 0.524. The number of urea groups is 1. The number of hydrogen-bond donors (Lipinski definition) is 3. The highest BCUT2D eigenvalue weighted by atomic mass is 16.5. The molecule has 2 heterocycles. The number of esters is 1. The Morgan fingerprint density at radius 1 is 1.32 bits per heavy atom. The normalized spacial score (nSPS) is 25.0. The lowest BCUT2D eigenvalue weighted by Crippen LogP contribution is -3.16. The summed E-state index contributed by atoms with van der Waals surface area (Å²) in [5.41, 5.74) is 1.91. The highest BCUT2D eigenvalue weighted by Gasteiger charge is 2.36. The van der Waals surface area contributed by atoms with E-state index < -0.39 is 12.0 Å². The quantitative estimate of drug-likeness (QED) is 0.642. The van der Waals surface area contributed by atoms with Gasteiger partial charge >= 0.3 is 12.0 Å². The lowest BCUT2D eigenvalue weighted by molar-refractivity contribution is -0.924. The van der Waals surface area contributed by atoms with E-state index in [0.29, 0.717) is 29.6 Å².